The van der Waals surface area contributed by atoms with Gasteiger partial charge in [0.05, 0.1) is 19.2 Å². The van der Waals surface area contributed by atoms with E-state index in [1.54, 1.807) is 72.6 Å². The second kappa shape index (κ2) is 10.8. The third kappa shape index (κ3) is 5.36. The lowest BCUT2D eigenvalue weighted by atomic mass is 9.99. The van der Waals surface area contributed by atoms with Gasteiger partial charge in [0, 0.05) is 37.5 Å². The largest absolute Gasteiger partial charge is 0.472 e. The molecule has 0 bridgehead atoms. The van der Waals surface area contributed by atoms with E-state index in [1.807, 2.05) is 6.92 Å². The van der Waals surface area contributed by atoms with E-state index in [0.717, 1.165) is 0 Å². The molecule has 0 aliphatic carbocycles. The SMILES string of the molecule is C[C@H]1CN([C@@H](C)CO)C(=O)c2cc(-c3ccc(F)cc3)cnc2O[C@@H]1CN(C)C(=O)c1ccccn1. The zero-order chi connectivity index (χ0) is 25.8. The van der Waals surface area contributed by atoms with E-state index in [-0.39, 0.29) is 48.1 Å². The Labute approximate surface area is 209 Å². The van der Waals surface area contributed by atoms with Crippen molar-refractivity contribution in [2.45, 2.75) is 26.0 Å². The Morgan fingerprint density at radius 3 is 2.64 bits per heavy atom. The number of likely N-dealkylation sites (N-methyl/N-ethyl adjacent to an activating group) is 1. The fraction of sp³-hybridized carbons (Fsp3) is 0.333. The van der Waals surface area contributed by atoms with Gasteiger partial charge in [-0.1, -0.05) is 25.1 Å². The van der Waals surface area contributed by atoms with Gasteiger partial charge < -0.3 is 19.6 Å². The first-order valence-corrected chi connectivity index (χ1v) is 11.8. The van der Waals surface area contributed by atoms with Gasteiger partial charge in [0.2, 0.25) is 5.88 Å². The number of carbonyl (C=O) groups is 2. The predicted molar refractivity (Wildman–Crippen MR) is 132 cm³/mol. The molecule has 0 radical (unpaired) electrons. The lowest BCUT2D eigenvalue weighted by Crippen LogP contribution is -2.50. The van der Waals surface area contributed by atoms with Crippen molar-refractivity contribution < 1.29 is 23.8 Å². The summed E-state index contributed by atoms with van der Waals surface area (Å²) >= 11 is 0. The van der Waals surface area contributed by atoms with E-state index < -0.39 is 12.1 Å². The van der Waals surface area contributed by atoms with Crippen molar-refractivity contribution in [2.75, 3.05) is 26.7 Å². The van der Waals surface area contributed by atoms with Crippen LogP contribution in [0.3, 0.4) is 0 Å². The molecule has 0 spiro atoms. The van der Waals surface area contributed by atoms with Crippen LogP contribution in [0.1, 0.15) is 34.7 Å². The molecular formula is C27H29FN4O4. The number of rotatable bonds is 6. The molecule has 3 aromatic rings. The fourth-order valence-electron chi connectivity index (χ4n) is 4.16. The highest BCUT2D eigenvalue weighted by molar-refractivity contribution is 5.98. The number of hydrogen-bond acceptors (Lipinski definition) is 6. The van der Waals surface area contributed by atoms with Crippen LogP contribution in [0.4, 0.5) is 4.39 Å². The fourth-order valence-corrected chi connectivity index (χ4v) is 4.16. The summed E-state index contributed by atoms with van der Waals surface area (Å²) in [5.41, 5.74) is 1.91. The van der Waals surface area contributed by atoms with Crippen molar-refractivity contribution in [2.24, 2.45) is 5.92 Å². The number of nitrogens with zero attached hydrogens (tertiary/aromatic N) is 4. The number of hydrogen-bond donors (Lipinski definition) is 1. The highest BCUT2D eigenvalue weighted by atomic mass is 19.1. The molecule has 3 heterocycles. The molecule has 36 heavy (non-hydrogen) atoms. The molecule has 0 fully saturated rings. The Morgan fingerprint density at radius 1 is 1.22 bits per heavy atom. The van der Waals surface area contributed by atoms with Gasteiger partial charge >= 0.3 is 0 Å². The summed E-state index contributed by atoms with van der Waals surface area (Å²) in [5.74, 6) is -0.942. The molecule has 4 rings (SSSR count). The highest BCUT2D eigenvalue weighted by Gasteiger charge is 2.35. The third-order valence-corrected chi connectivity index (χ3v) is 6.38. The summed E-state index contributed by atoms with van der Waals surface area (Å²) < 4.78 is 19.7. The van der Waals surface area contributed by atoms with Crippen LogP contribution in [0.5, 0.6) is 5.88 Å². The molecule has 2 amide bonds. The zero-order valence-electron chi connectivity index (χ0n) is 20.5. The first-order valence-electron chi connectivity index (χ1n) is 11.8. The van der Waals surface area contributed by atoms with Gasteiger partial charge in [-0.3, -0.25) is 14.6 Å². The molecule has 8 nitrogen and oxygen atoms in total. The molecule has 2 aromatic heterocycles. The number of fused-ring (bicyclic) bond motifs is 1. The van der Waals surface area contributed by atoms with E-state index in [0.29, 0.717) is 23.4 Å². The number of benzene rings is 1. The van der Waals surface area contributed by atoms with E-state index >= 15 is 0 Å². The molecule has 9 heteroatoms. The molecule has 0 unspecified atom stereocenters. The normalized spacial score (nSPS) is 18.5. The van der Waals surface area contributed by atoms with Gasteiger partial charge in [-0.2, -0.15) is 0 Å². The van der Waals surface area contributed by atoms with Crippen LogP contribution in [0.15, 0.2) is 60.9 Å². The topological polar surface area (TPSA) is 95.9 Å². The van der Waals surface area contributed by atoms with Crippen molar-refractivity contribution in [3.05, 3.63) is 78.0 Å². The summed E-state index contributed by atoms with van der Waals surface area (Å²) in [5, 5.41) is 9.83. The Bertz CT molecular complexity index is 1220. The molecule has 1 aromatic carbocycles. The van der Waals surface area contributed by atoms with Crippen molar-refractivity contribution in [3.63, 3.8) is 0 Å². The minimum absolute atomic E-state index is 0.149. The van der Waals surface area contributed by atoms with Gasteiger partial charge in [0.15, 0.2) is 0 Å². The second-order valence-electron chi connectivity index (χ2n) is 9.11. The van der Waals surface area contributed by atoms with Crippen LogP contribution in [0.2, 0.25) is 0 Å². The van der Waals surface area contributed by atoms with Crippen LogP contribution >= 0.6 is 0 Å². The molecule has 3 atom stereocenters. The first kappa shape index (κ1) is 25.2. The summed E-state index contributed by atoms with van der Waals surface area (Å²) in [4.78, 5) is 38.2. The number of pyridine rings is 2. The number of carbonyl (C=O) groups excluding carboxylic acids is 2. The first-order chi connectivity index (χ1) is 17.3. The molecule has 0 saturated carbocycles. The standard InChI is InChI=1S/C27H29FN4O4/c1-17-14-32(18(2)16-33)26(34)22-12-20(19-7-9-21(28)10-8-19)13-30-25(22)36-24(17)15-31(3)27(35)23-6-4-5-11-29-23/h4-13,17-18,24,33H,14-16H2,1-3H3/t17-,18-,24+/m0/s1. The highest BCUT2D eigenvalue weighted by Crippen LogP contribution is 2.30. The van der Waals surface area contributed by atoms with E-state index in [9.17, 15) is 19.1 Å². The summed E-state index contributed by atoms with van der Waals surface area (Å²) in [6.07, 6.45) is 2.66. The Kier molecular flexibility index (Phi) is 7.59. The molecule has 0 saturated heterocycles. The minimum Gasteiger partial charge on any atom is -0.472 e. The quantitative estimate of drug-likeness (QED) is 0.568. The number of halogens is 1. The molecular weight excluding hydrogens is 463 g/mol. The third-order valence-electron chi connectivity index (χ3n) is 6.38. The van der Waals surface area contributed by atoms with Crippen molar-refractivity contribution in [1.29, 1.82) is 0 Å². The average molecular weight is 493 g/mol. The maximum absolute atomic E-state index is 13.6. The molecule has 188 valence electrons. The molecule has 1 N–H and O–H groups in total. The molecule has 1 aliphatic heterocycles. The maximum atomic E-state index is 13.6. The number of ether oxygens (including phenoxy) is 1. The lowest BCUT2D eigenvalue weighted by Gasteiger charge is -2.37. The number of aliphatic hydroxyl groups excluding tert-OH is 1. The van der Waals surface area contributed by atoms with Crippen molar-refractivity contribution in [3.8, 4) is 17.0 Å². The predicted octanol–water partition coefficient (Wildman–Crippen LogP) is 3.28. The van der Waals surface area contributed by atoms with Gasteiger partial charge in [-0.05, 0) is 42.8 Å². The number of aromatic nitrogens is 2. The van der Waals surface area contributed by atoms with Gasteiger partial charge in [0.1, 0.15) is 23.2 Å². The lowest BCUT2D eigenvalue weighted by molar-refractivity contribution is 0.0312. The van der Waals surface area contributed by atoms with Crippen molar-refractivity contribution in [1.82, 2.24) is 19.8 Å². The molecule has 1 aliphatic rings. The van der Waals surface area contributed by atoms with Gasteiger partial charge in [-0.15, -0.1) is 0 Å². The number of amides is 2. The second-order valence-corrected chi connectivity index (χ2v) is 9.11. The minimum atomic E-state index is -0.480. The Morgan fingerprint density at radius 2 is 1.97 bits per heavy atom. The van der Waals surface area contributed by atoms with Crippen LogP contribution in [-0.2, 0) is 0 Å². The Balaban J connectivity index is 1.68. The number of aliphatic hydroxyl groups is 1. The summed E-state index contributed by atoms with van der Waals surface area (Å²) in [7, 11) is 1.68. The maximum Gasteiger partial charge on any atom is 0.272 e. The van der Waals surface area contributed by atoms with E-state index in [2.05, 4.69) is 9.97 Å². The average Bonchev–Trinajstić information content (AvgIpc) is 2.90. The van der Waals surface area contributed by atoms with Crippen LogP contribution in [-0.4, -0.2) is 75.6 Å². The summed E-state index contributed by atoms with van der Waals surface area (Å²) in [6, 6.07) is 12.3. The van der Waals surface area contributed by atoms with E-state index in [1.165, 1.54) is 12.1 Å². The monoisotopic (exact) mass is 492 g/mol. The van der Waals surface area contributed by atoms with Crippen molar-refractivity contribution >= 4 is 11.8 Å². The van der Waals surface area contributed by atoms with Crippen LogP contribution < -0.4 is 4.74 Å². The smallest absolute Gasteiger partial charge is 0.272 e. The Hall–Kier alpha value is -3.85. The van der Waals surface area contributed by atoms with Gasteiger partial charge in [0.25, 0.3) is 11.8 Å². The zero-order valence-corrected chi connectivity index (χ0v) is 20.5. The van der Waals surface area contributed by atoms with Crippen LogP contribution in [0, 0.1) is 11.7 Å². The summed E-state index contributed by atoms with van der Waals surface area (Å²) in [6.45, 7) is 4.06. The van der Waals surface area contributed by atoms with Crippen LogP contribution in [0.25, 0.3) is 11.1 Å². The van der Waals surface area contributed by atoms with Gasteiger partial charge in [-0.25, -0.2) is 9.37 Å². The van der Waals surface area contributed by atoms with E-state index in [4.69, 9.17) is 4.74 Å².